The first-order valence-corrected chi connectivity index (χ1v) is 16.7. The number of ether oxygens (including phenoxy) is 2. The fourth-order valence-corrected chi connectivity index (χ4v) is 10.1. The summed E-state index contributed by atoms with van der Waals surface area (Å²) in [5.74, 6) is -0.429. The molecule has 6 atom stereocenters. The van der Waals surface area contributed by atoms with Gasteiger partial charge in [0.2, 0.25) is 15.9 Å². The van der Waals surface area contributed by atoms with Crippen molar-refractivity contribution in [1.82, 2.24) is 9.62 Å². The summed E-state index contributed by atoms with van der Waals surface area (Å²) < 4.78 is 39.9. The number of amides is 2. The van der Waals surface area contributed by atoms with Crippen molar-refractivity contribution in [3.63, 3.8) is 0 Å². The molecule has 8 nitrogen and oxygen atoms in total. The average Bonchev–Trinajstić information content (AvgIpc) is 3.40. The molecule has 2 amide bonds. The van der Waals surface area contributed by atoms with Gasteiger partial charge in [0.15, 0.2) is 0 Å². The molecule has 1 spiro atoms. The molecule has 1 aromatic rings. The number of benzene rings is 1. The minimum absolute atomic E-state index is 0.0695. The number of unbranched alkanes of at least 4 members (excludes halogenated alkanes) is 3. The van der Waals surface area contributed by atoms with Gasteiger partial charge in [-0.1, -0.05) is 83.7 Å². The normalized spacial score (nSPS) is 28.1. The minimum atomic E-state index is -3.69. The molecular formula is C31H48N2O6S. The van der Waals surface area contributed by atoms with E-state index in [-0.39, 0.29) is 47.8 Å². The zero-order valence-corrected chi connectivity index (χ0v) is 25.7. The van der Waals surface area contributed by atoms with Crippen molar-refractivity contribution in [1.29, 1.82) is 0 Å². The molecule has 40 heavy (non-hydrogen) atoms. The molecule has 1 heterocycles. The van der Waals surface area contributed by atoms with Gasteiger partial charge in [0.25, 0.3) is 0 Å². The van der Waals surface area contributed by atoms with Crippen molar-refractivity contribution in [3.8, 4) is 0 Å². The monoisotopic (exact) mass is 576 g/mol. The number of nitrogens with zero attached hydrogens (tertiary/aromatic N) is 1. The van der Waals surface area contributed by atoms with E-state index in [2.05, 4.69) is 26.1 Å². The van der Waals surface area contributed by atoms with Crippen LogP contribution in [0, 0.1) is 22.7 Å². The molecule has 1 aromatic carbocycles. The summed E-state index contributed by atoms with van der Waals surface area (Å²) in [6.45, 7) is 10.6. The van der Waals surface area contributed by atoms with E-state index in [0.717, 1.165) is 50.5 Å². The molecule has 0 radical (unpaired) electrons. The lowest BCUT2D eigenvalue weighted by Crippen LogP contribution is -2.48. The van der Waals surface area contributed by atoms with E-state index < -0.39 is 28.1 Å². The predicted octanol–water partition coefficient (Wildman–Crippen LogP) is 5.66. The first-order chi connectivity index (χ1) is 18.9. The van der Waals surface area contributed by atoms with Gasteiger partial charge in [0, 0.05) is 12.0 Å². The Kier molecular flexibility index (Phi) is 9.55. The molecule has 9 heteroatoms. The zero-order chi connectivity index (χ0) is 29.1. The molecule has 2 bridgehead atoms. The Balaban J connectivity index is 1.39. The van der Waals surface area contributed by atoms with Crippen molar-refractivity contribution >= 4 is 22.0 Å². The van der Waals surface area contributed by atoms with Gasteiger partial charge in [0.05, 0.1) is 29.9 Å². The summed E-state index contributed by atoms with van der Waals surface area (Å²) in [5.41, 5.74) is 0.466. The zero-order valence-electron chi connectivity index (χ0n) is 24.9. The third kappa shape index (κ3) is 6.06. The highest BCUT2D eigenvalue weighted by Gasteiger charge is 2.72. The second-order valence-corrected chi connectivity index (χ2v) is 14.7. The Hall–Kier alpha value is -2.13. The van der Waals surface area contributed by atoms with Crippen LogP contribution in [-0.4, -0.2) is 55.3 Å². The Morgan fingerprint density at radius 3 is 2.52 bits per heavy atom. The molecule has 2 saturated carbocycles. The fraction of sp³-hybridized carbons (Fsp3) is 0.742. The summed E-state index contributed by atoms with van der Waals surface area (Å²) in [4.78, 5) is 26.2. The minimum Gasteiger partial charge on any atom is -0.445 e. The molecule has 0 unspecified atom stereocenters. The number of alkyl carbamates (subject to hydrolysis) is 1. The highest BCUT2D eigenvalue weighted by Crippen LogP contribution is 2.70. The maximum absolute atomic E-state index is 14.0. The third-order valence-corrected chi connectivity index (χ3v) is 12.0. The molecule has 3 fully saturated rings. The second kappa shape index (κ2) is 12.4. The van der Waals surface area contributed by atoms with Crippen LogP contribution in [-0.2, 0) is 30.9 Å². The van der Waals surface area contributed by atoms with Crippen molar-refractivity contribution in [3.05, 3.63) is 35.9 Å². The lowest BCUT2D eigenvalue weighted by Gasteiger charge is -2.38. The van der Waals surface area contributed by atoms with E-state index in [9.17, 15) is 18.0 Å². The maximum atomic E-state index is 14.0. The molecule has 224 valence electrons. The van der Waals surface area contributed by atoms with Crippen LogP contribution in [0.3, 0.4) is 0 Å². The van der Waals surface area contributed by atoms with Crippen LogP contribution < -0.4 is 5.32 Å². The van der Waals surface area contributed by atoms with Gasteiger partial charge >= 0.3 is 6.09 Å². The van der Waals surface area contributed by atoms with E-state index in [1.54, 1.807) is 6.92 Å². The molecule has 1 N–H and O–H groups in total. The largest absolute Gasteiger partial charge is 0.445 e. The van der Waals surface area contributed by atoms with Crippen molar-refractivity contribution in [2.24, 2.45) is 22.7 Å². The standard InChI is InChI=1S/C31H48N2O6S/c1-6-7-8-12-15-26(39-22(2)19-32-29(35)38-20-24-13-10-9-11-14-24)23(3)28(34)33-27-18-25-16-17-31(27,30(25,4)5)21-40(33,36)37/h9-11,13-14,22-23,25-27H,6-8,12,15-21H2,1-5H3,(H,32,35)/t22-,23+,25-,26+,27-,31-/m0/s1. The van der Waals surface area contributed by atoms with E-state index in [1.807, 2.05) is 37.3 Å². The predicted molar refractivity (Wildman–Crippen MR) is 155 cm³/mol. The summed E-state index contributed by atoms with van der Waals surface area (Å²) in [7, 11) is -3.69. The highest BCUT2D eigenvalue weighted by atomic mass is 32.2. The quantitative estimate of drug-likeness (QED) is 0.304. The summed E-state index contributed by atoms with van der Waals surface area (Å²) >= 11 is 0. The fourth-order valence-electron chi connectivity index (χ4n) is 7.49. The topological polar surface area (TPSA) is 102 Å². The smallest absolute Gasteiger partial charge is 0.407 e. The number of hydrogen-bond acceptors (Lipinski definition) is 6. The van der Waals surface area contributed by atoms with Crippen LogP contribution in [0.5, 0.6) is 0 Å². The van der Waals surface area contributed by atoms with Crippen LogP contribution in [0.1, 0.15) is 91.5 Å². The number of sulfonamides is 1. The molecule has 2 aliphatic carbocycles. The first kappa shape index (κ1) is 30.8. The Bertz CT molecular complexity index is 1140. The molecule has 1 saturated heterocycles. The highest BCUT2D eigenvalue weighted by molar-refractivity contribution is 7.90. The van der Waals surface area contributed by atoms with Crippen molar-refractivity contribution in [2.75, 3.05) is 12.3 Å². The van der Waals surface area contributed by atoms with Crippen LogP contribution in [0.25, 0.3) is 0 Å². The van der Waals surface area contributed by atoms with E-state index >= 15 is 0 Å². The van der Waals surface area contributed by atoms with Gasteiger partial charge in [-0.25, -0.2) is 17.5 Å². The first-order valence-electron chi connectivity index (χ1n) is 15.1. The van der Waals surface area contributed by atoms with E-state index in [1.165, 1.54) is 4.31 Å². The van der Waals surface area contributed by atoms with E-state index in [0.29, 0.717) is 12.3 Å². The Morgan fingerprint density at radius 1 is 1.12 bits per heavy atom. The maximum Gasteiger partial charge on any atom is 0.407 e. The van der Waals surface area contributed by atoms with Crippen LogP contribution in [0.2, 0.25) is 0 Å². The Morgan fingerprint density at radius 2 is 1.85 bits per heavy atom. The number of nitrogens with one attached hydrogen (secondary N) is 1. The summed E-state index contributed by atoms with van der Waals surface area (Å²) in [6.07, 6.45) is 6.09. The summed E-state index contributed by atoms with van der Waals surface area (Å²) in [5, 5.41) is 2.75. The molecule has 0 aromatic heterocycles. The number of carbonyl (C=O) groups is 2. The lowest BCUT2D eigenvalue weighted by atomic mass is 9.69. The summed E-state index contributed by atoms with van der Waals surface area (Å²) in [6, 6.07) is 9.21. The van der Waals surface area contributed by atoms with Crippen LogP contribution >= 0.6 is 0 Å². The number of carbonyl (C=O) groups excluding carboxylic acids is 2. The molecule has 4 rings (SSSR count). The van der Waals surface area contributed by atoms with Gasteiger partial charge in [-0.2, -0.15) is 0 Å². The second-order valence-electron chi connectivity index (χ2n) is 12.8. The van der Waals surface area contributed by atoms with Gasteiger partial charge < -0.3 is 14.8 Å². The van der Waals surface area contributed by atoms with Crippen LogP contribution in [0.15, 0.2) is 30.3 Å². The van der Waals surface area contributed by atoms with Gasteiger partial charge in [-0.15, -0.1) is 0 Å². The third-order valence-electron chi connectivity index (χ3n) is 10.1. The molecule has 3 aliphatic rings. The van der Waals surface area contributed by atoms with Crippen LogP contribution in [0.4, 0.5) is 4.79 Å². The number of fused-ring (bicyclic) bond motifs is 1. The van der Waals surface area contributed by atoms with Gasteiger partial charge in [-0.05, 0) is 49.5 Å². The Labute approximate surface area is 240 Å². The van der Waals surface area contributed by atoms with Crippen molar-refractivity contribution in [2.45, 2.75) is 111 Å². The molecular weight excluding hydrogens is 528 g/mol. The van der Waals surface area contributed by atoms with Gasteiger partial charge in [-0.3, -0.25) is 4.79 Å². The van der Waals surface area contributed by atoms with Gasteiger partial charge in [0.1, 0.15) is 6.61 Å². The van der Waals surface area contributed by atoms with Crippen molar-refractivity contribution < 1.29 is 27.5 Å². The SMILES string of the molecule is CCCCCC[C@@H](O[C@@H](C)CNC(=O)OCc1ccccc1)[C@@H](C)C(=O)N1[C@H]2C[C@@H]3CC[C@@]2(CS1(=O)=O)C3(C)C. The molecule has 1 aliphatic heterocycles. The number of hydrogen-bond donors (Lipinski definition) is 1. The number of rotatable bonds is 13. The van der Waals surface area contributed by atoms with E-state index in [4.69, 9.17) is 9.47 Å². The average molecular weight is 577 g/mol. The lowest BCUT2D eigenvalue weighted by molar-refractivity contribution is -0.140.